The van der Waals surface area contributed by atoms with Crippen LogP contribution in [0.1, 0.15) is 48.2 Å². The van der Waals surface area contributed by atoms with E-state index < -0.39 is 0 Å². The lowest BCUT2D eigenvalue weighted by atomic mass is 10.0. The summed E-state index contributed by atoms with van der Waals surface area (Å²) in [6, 6.07) is 16.3. The van der Waals surface area contributed by atoms with Crippen molar-refractivity contribution < 1.29 is 4.79 Å². The van der Waals surface area contributed by atoms with E-state index in [1.54, 1.807) is 6.08 Å². The standard InChI is InChI=1S/C24H32N2O/c1-5-7-17-26(6-2)22-13-10-11-20(18-22)15-16-24(27)23-14-9-8-12-21(23)19-25(3)4/h8-16,18H,5-7,17,19H2,1-4H3. The van der Waals surface area contributed by atoms with Crippen molar-refractivity contribution in [1.82, 2.24) is 4.90 Å². The first-order valence-corrected chi connectivity index (χ1v) is 9.85. The van der Waals surface area contributed by atoms with E-state index in [1.807, 2.05) is 50.5 Å². The number of allylic oxidation sites excluding steroid dienone is 1. The molecular formula is C24H32N2O. The molecule has 3 heteroatoms. The van der Waals surface area contributed by atoms with E-state index in [-0.39, 0.29) is 5.78 Å². The van der Waals surface area contributed by atoms with Crippen LogP contribution >= 0.6 is 0 Å². The van der Waals surface area contributed by atoms with Crippen LogP contribution in [-0.2, 0) is 6.54 Å². The van der Waals surface area contributed by atoms with Gasteiger partial charge in [-0.3, -0.25) is 4.79 Å². The van der Waals surface area contributed by atoms with Crippen molar-refractivity contribution in [3.05, 3.63) is 71.3 Å². The highest BCUT2D eigenvalue weighted by molar-refractivity contribution is 6.07. The first-order chi connectivity index (χ1) is 13.0. The molecule has 0 spiro atoms. The molecule has 0 amide bonds. The topological polar surface area (TPSA) is 23.6 Å². The Labute approximate surface area is 164 Å². The summed E-state index contributed by atoms with van der Waals surface area (Å²) in [7, 11) is 4.03. The largest absolute Gasteiger partial charge is 0.372 e. The number of carbonyl (C=O) groups excluding carboxylic acids is 1. The van der Waals surface area contributed by atoms with Gasteiger partial charge in [0.2, 0.25) is 0 Å². The van der Waals surface area contributed by atoms with Gasteiger partial charge in [-0.15, -0.1) is 0 Å². The summed E-state index contributed by atoms with van der Waals surface area (Å²) in [5.74, 6) is 0.0520. The van der Waals surface area contributed by atoms with Gasteiger partial charge in [0.05, 0.1) is 0 Å². The average molecular weight is 365 g/mol. The number of carbonyl (C=O) groups is 1. The molecule has 0 unspecified atom stereocenters. The Kier molecular flexibility index (Phi) is 8.28. The van der Waals surface area contributed by atoms with Crippen LogP contribution in [0.15, 0.2) is 54.6 Å². The average Bonchev–Trinajstić information content (AvgIpc) is 2.67. The van der Waals surface area contributed by atoms with Crippen molar-refractivity contribution in [1.29, 1.82) is 0 Å². The molecule has 0 aliphatic heterocycles. The minimum atomic E-state index is 0.0520. The zero-order chi connectivity index (χ0) is 19.6. The fourth-order valence-electron chi connectivity index (χ4n) is 3.14. The Morgan fingerprint density at radius 3 is 2.52 bits per heavy atom. The Bertz CT molecular complexity index is 764. The van der Waals surface area contributed by atoms with Crippen molar-refractivity contribution in [2.75, 3.05) is 32.1 Å². The second-order valence-electron chi connectivity index (χ2n) is 7.12. The second kappa shape index (κ2) is 10.7. The summed E-state index contributed by atoms with van der Waals surface area (Å²) >= 11 is 0. The maximum absolute atomic E-state index is 12.7. The van der Waals surface area contributed by atoms with Gasteiger partial charge in [-0.2, -0.15) is 0 Å². The monoisotopic (exact) mass is 364 g/mol. The summed E-state index contributed by atoms with van der Waals surface area (Å²) in [5.41, 5.74) is 4.11. The minimum Gasteiger partial charge on any atom is -0.372 e. The first kappa shape index (κ1) is 20.9. The van der Waals surface area contributed by atoms with Crippen molar-refractivity contribution >= 4 is 17.5 Å². The maximum Gasteiger partial charge on any atom is 0.186 e. The van der Waals surface area contributed by atoms with Crippen LogP contribution in [-0.4, -0.2) is 37.9 Å². The smallest absolute Gasteiger partial charge is 0.186 e. The molecule has 0 N–H and O–H groups in total. The Balaban J connectivity index is 2.16. The van der Waals surface area contributed by atoms with Crippen LogP contribution in [0.5, 0.6) is 0 Å². The number of nitrogens with zero attached hydrogens (tertiary/aromatic N) is 2. The quantitative estimate of drug-likeness (QED) is 0.424. The molecule has 0 bridgehead atoms. The van der Waals surface area contributed by atoms with Crippen LogP contribution in [0.3, 0.4) is 0 Å². The number of unbranched alkanes of at least 4 members (excludes halogenated alkanes) is 1. The van der Waals surface area contributed by atoms with E-state index in [0.717, 1.165) is 36.3 Å². The third kappa shape index (κ3) is 6.37. The van der Waals surface area contributed by atoms with Gasteiger partial charge in [0.15, 0.2) is 5.78 Å². The fourth-order valence-corrected chi connectivity index (χ4v) is 3.14. The van der Waals surface area contributed by atoms with E-state index in [4.69, 9.17) is 0 Å². The molecule has 0 heterocycles. The van der Waals surface area contributed by atoms with Gasteiger partial charge in [-0.1, -0.05) is 55.8 Å². The van der Waals surface area contributed by atoms with Gasteiger partial charge in [0, 0.05) is 30.9 Å². The zero-order valence-corrected chi connectivity index (χ0v) is 17.1. The molecule has 0 atom stereocenters. The molecule has 0 saturated heterocycles. The van der Waals surface area contributed by atoms with E-state index in [9.17, 15) is 4.79 Å². The summed E-state index contributed by atoms with van der Waals surface area (Å²) in [5, 5.41) is 0. The lowest BCUT2D eigenvalue weighted by Crippen LogP contribution is -2.23. The van der Waals surface area contributed by atoms with E-state index in [0.29, 0.717) is 0 Å². The Morgan fingerprint density at radius 2 is 1.81 bits per heavy atom. The lowest BCUT2D eigenvalue weighted by Gasteiger charge is -2.23. The molecule has 0 fully saturated rings. The SMILES string of the molecule is CCCCN(CC)c1cccc(C=CC(=O)c2ccccc2CN(C)C)c1. The van der Waals surface area contributed by atoms with E-state index in [2.05, 4.69) is 41.8 Å². The third-order valence-corrected chi connectivity index (χ3v) is 4.60. The summed E-state index contributed by atoms with van der Waals surface area (Å²) in [6.07, 6.45) is 5.99. The van der Waals surface area contributed by atoms with Crippen molar-refractivity contribution in [2.24, 2.45) is 0 Å². The number of hydrogen-bond donors (Lipinski definition) is 0. The molecule has 2 aromatic carbocycles. The fraction of sp³-hybridized carbons (Fsp3) is 0.375. The van der Waals surface area contributed by atoms with Crippen LogP contribution in [0.25, 0.3) is 6.08 Å². The third-order valence-electron chi connectivity index (χ3n) is 4.60. The van der Waals surface area contributed by atoms with Crippen molar-refractivity contribution in [3.63, 3.8) is 0 Å². The normalized spacial score (nSPS) is 11.3. The lowest BCUT2D eigenvalue weighted by molar-refractivity contribution is 0.104. The van der Waals surface area contributed by atoms with Crippen LogP contribution in [0.4, 0.5) is 5.69 Å². The Morgan fingerprint density at radius 1 is 1.04 bits per heavy atom. The molecule has 0 aliphatic rings. The van der Waals surface area contributed by atoms with Crippen LogP contribution < -0.4 is 4.90 Å². The van der Waals surface area contributed by atoms with Gasteiger partial charge in [-0.05, 0) is 56.8 Å². The van der Waals surface area contributed by atoms with Crippen LogP contribution in [0.2, 0.25) is 0 Å². The molecule has 2 rings (SSSR count). The summed E-state index contributed by atoms with van der Waals surface area (Å²) in [6.45, 7) is 7.21. The summed E-state index contributed by atoms with van der Waals surface area (Å²) < 4.78 is 0. The molecule has 0 aliphatic carbocycles. The van der Waals surface area contributed by atoms with Gasteiger partial charge in [0.1, 0.15) is 0 Å². The molecule has 0 aromatic heterocycles. The Hall–Kier alpha value is -2.39. The molecule has 144 valence electrons. The van der Waals surface area contributed by atoms with Gasteiger partial charge < -0.3 is 9.80 Å². The number of rotatable bonds is 10. The minimum absolute atomic E-state index is 0.0520. The van der Waals surface area contributed by atoms with Crippen LogP contribution in [0, 0.1) is 0 Å². The molecule has 2 aromatic rings. The number of benzene rings is 2. The number of anilines is 1. The highest BCUT2D eigenvalue weighted by Crippen LogP contribution is 2.19. The molecule has 0 saturated carbocycles. The predicted octanol–water partition coefficient (Wildman–Crippen LogP) is 5.27. The molecule has 0 radical (unpaired) electrons. The van der Waals surface area contributed by atoms with Gasteiger partial charge in [0.25, 0.3) is 0 Å². The van der Waals surface area contributed by atoms with Gasteiger partial charge >= 0.3 is 0 Å². The molecule has 3 nitrogen and oxygen atoms in total. The highest BCUT2D eigenvalue weighted by atomic mass is 16.1. The van der Waals surface area contributed by atoms with E-state index in [1.165, 1.54) is 18.5 Å². The maximum atomic E-state index is 12.7. The highest BCUT2D eigenvalue weighted by Gasteiger charge is 2.09. The van der Waals surface area contributed by atoms with Crippen molar-refractivity contribution in [2.45, 2.75) is 33.2 Å². The van der Waals surface area contributed by atoms with Gasteiger partial charge in [-0.25, -0.2) is 0 Å². The first-order valence-electron chi connectivity index (χ1n) is 9.85. The number of hydrogen-bond acceptors (Lipinski definition) is 3. The molecular weight excluding hydrogens is 332 g/mol. The van der Waals surface area contributed by atoms with E-state index >= 15 is 0 Å². The number of ketones is 1. The molecule has 27 heavy (non-hydrogen) atoms. The zero-order valence-electron chi connectivity index (χ0n) is 17.1. The predicted molar refractivity (Wildman–Crippen MR) is 116 cm³/mol. The second-order valence-corrected chi connectivity index (χ2v) is 7.12. The van der Waals surface area contributed by atoms with Crippen molar-refractivity contribution in [3.8, 4) is 0 Å². The summed E-state index contributed by atoms with van der Waals surface area (Å²) in [4.78, 5) is 17.2.